The quantitative estimate of drug-likeness (QED) is 0.830. The van der Waals surface area contributed by atoms with E-state index in [-0.39, 0.29) is 5.91 Å². The largest absolute Gasteiger partial charge is 0.316 e. The number of nitrogens with zero attached hydrogens (tertiary/aromatic N) is 2. The molecule has 0 fully saturated rings. The zero-order valence-corrected chi connectivity index (χ0v) is 12.2. The number of rotatable bonds is 2. The Balaban J connectivity index is 2.81. The first-order valence-corrected chi connectivity index (χ1v) is 7.13. The monoisotopic (exact) mass is 282 g/mol. The number of carbonyl (C=O) groups is 1. The summed E-state index contributed by atoms with van der Waals surface area (Å²) < 4.78 is 3.14. The summed E-state index contributed by atoms with van der Waals surface area (Å²) in [5, 5.41) is 0.720. The second-order valence-electron chi connectivity index (χ2n) is 4.06. The van der Waals surface area contributed by atoms with E-state index in [0.29, 0.717) is 6.42 Å². The predicted octanol–water partition coefficient (Wildman–Crippen LogP) is 3.52. The van der Waals surface area contributed by atoms with Crippen LogP contribution in [0.4, 0.5) is 0 Å². The summed E-state index contributed by atoms with van der Waals surface area (Å²) in [7, 11) is 0. The molecule has 0 unspecified atom stereocenters. The van der Waals surface area contributed by atoms with Gasteiger partial charge in [-0.25, -0.2) is 0 Å². The molecule has 2 aromatic rings. The van der Waals surface area contributed by atoms with E-state index in [1.54, 1.807) is 0 Å². The molecule has 0 aliphatic heterocycles. The van der Waals surface area contributed by atoms with Gasteiger partial charge < -0.3 is 4.57 Å². The van der Waals surface area contributed by atoms with E-state index in [1.165, 1.54) is 11.3 Å². The third kappa shape index (κ3) is 2.35. The third-order valence-corrected chi connectivity index (χ3v) is 4.01. The van der Waals surface area contributed by atoms with Crippen molar-refractivity contribution in [3.05, 3.63) is 27.5 Å². The van der Waals surface area contributed by atoms with Crippen LogP contribution in [-0.4, -0.2) is 10.5 Å². The van der Waals surface area contributed by atoms with Gasteiger partial charge in [0.2, 0.25) is 5.91 Å². The molecule has 1 aromatic heterocycles. The van der Waals surface area contributed by atoms with E-state index in [0.717, 1.165) is 32.1 Å². The minimum atomic E-state index is -0.0903. The highest BCUT2D eigenvalue weighted by atomic mass is 35.5. The minimum Gasteiger partial charge on any atom is -0.316 e. The molecule has 3 nitrogen and oxygen atoms in total. The third-order valence-electron chi connectivity index (χ3n) is 2.77. The smallest absolute Gasteiger partial charge is 0.248 e. The lowest BCUT2D eigenvalue weighted by Crippen LogP contribution is -2.15. The van der Waals surface area contributed by atoms with Crippen molar-refractivity contribution in [2.24, 2.45) is 4.99 Å². The van der Waals surface area contributed by atoms with Crippen molar-refractivity contribution in [2.75, 3.05) is 0 Å². The van der Waals surface area contributed by atoms with E-state index in [4.69, 9.17) is 11.6 Å². The van der Waals surface area contributed by atoms with Crippen LogP contribution >= 0.6 is 22.9 Å². The zero-order chi connectivity index (χ0) is 13.3. The number of hydrogen-bond donors (Lipinski definition) is 0. The van der Waals surface area contributed by atoms with Gasteiger partial charge in [0.15, 0.2) is 4.80 Å². The molecule has 0 aliphatic rings. The van der Waals surface area contributed by atoms with Gasteiger partial charge in [0.05, 0.1) is 10.2 Å². The average molecular weight is 283 g/mol. The topological polar surface area (TPSA) is 34.4 Å². The van der Waals surface area contributed by atoms with Crippen LogP contribution in [-0.2, 0) is 11.3 Å². The molecule has 0 atom stereocenters. The van der Waals surface area contributed by atoms with Crippen LogP contribution in [0.3, 0.4) is 0 Å². The Morgan fingerprint density at radius 3 is 2.78 bits per heavy atom. The molecule has 0 aliphatic carbocycles. The van der Waals surface area contributed by atoms with Crippen LogP contribution in [0.5, 0.6) is 0 Å². The first-order valence-electron chi connectivity index (χ1n) is 5.93. The number of benzene rings is 1. The van der Waals surface area contributed by atoms with Crippen LogP contribution < -0.4 is 4.80 Å². The molecule has 18 heavy (non-hydrogen) atoms. The summed E-state index contributed by atoms with van der Waals surface area (Å²) in [6.45, 7) is 6.68. The average Bonchev–Trinajstić information content (AvgIpc) is 2.66. The van der Waals surface area contributed by atoms with E-state index in [1.807, 2.05) is 26.0 Å². The van der Waals surface area contributed by atoms with Crippen LogP contribution in [0.2, 0.25) is 5.02 Å². The van der Waals surface area contributed by atoms with Crippen LogP contribution in [0, 0.1) is 6.92 Å². The molecule has 1 amide bonds. The van der Waals surface area contributed by atoms with Crippen molar-refractivity contribution >= 4 is 39.1 Å². The molecule has 0 radical (unpaired) electrons. The molecule has 0 bridgehead atoms. The fourth-order valence-electron chi connectivity index (χ4n) is 1.94. The number of aryl methyl sites for hydroxylation is 2. The molecule has 0 spiro atoms. The highest BCUT2D eigenvalue weighted by Gasteiger charge is 2.09. The van der Waals surface area contributed by atoms with Gasteiger partial charge in [0, 0.05) is 18.0 Å². The van der Waals surface area contributed by atoms with Crippen molar-refractivity contribution < 1.29 is 4.79 Å². The fraction of sp³-hybridized carbons (Fsp3) is 0.385. The number of thiazole rings is 1. The second kappa shape index (κ2) is 5.24. The first-order chi connectivity index (χ1) is 8.56. The van der Waals surface area contributed by atoms with Crippen molar-refractivity contribution in [1.29, 1.82) is 0 Å². The maximum atomic E-state index is 11.5. The summed E-state index contributed by atoms with van der Waals surface area (Å²) in [5.74, 6) is -0.0903. The summed E-state index contributed by atoms with van der Waals surface area (Å²) >= 11 is 7.57. The summed E-state index contributed by atoms with van der Waals surface area (Å²) in [5.41, 5.74) is 2.23. The SMILES string of the molecule is CCC(=O)N=c1sc2cc(Cl)cc(C)c2n1CC. The maximum Gasteiger partial charge on any atom is 0.248 e. The second-order valence-corrected chi connectivity index (χ2v) is 5.50. The predicted molar refractivity (Wildman–Crippen MR) is 76.1 cm³/mol. The number of carbonyl (C=O) groups excluding carboxylic acids is 1. The van der Waals surface area contributed by atoms with Gasteiger partial charge in [0.25, 0.3) is 0 Å². The molecule has 5 heteroatoms. The number of hydrogen-bond acceptors (Lipinski definition) is 2. The van der Waals surface area contributed by atoms with Crippen LogP contribution in [0.15, 0.2) is 17.1 Å². The summed E-state index contributed by atoms with van der Waals surface area (Å²) in [6.07, 6.45) is 0.428. The summed E-state index contributed by atoms with van der Waals surface area (Å²) in [6, 6.07) is 3.87. The molecule has 1 heterocycles. The highest BCUT2D eigenvalue weighted by molar-refractivity contribution is 7.16. The molecule has 0 saturated heterocycles. The van der Waals surface area contributed by atoms with Crippen molar-refractivity contribution in [2.45, 2.75) is 33.7 Å². The Morgan fingerprint density at radius 1 is 1.44 bits per heavy atom. The highest BCUT2D eigenvalue weighted by Crippen LogP contribution is 2.25. The van der Waals surface area contributed by atoms with Gasteiger partial charge in [-0.15, -0.1) is 0 Å². The van der Waals surface area contributed by atoms with Crippen molar-refractivity contribution in [3.63, 3.8) is 0 Å². The zero-order valence-electron chi connectivity index (χ0n) is 10.7. The Labute approximate surface area is 115 Å². The van der Waals surface area contributed by atoms with Gasteiger partial charge in [-0.1, -0.05) is 29.9 Å². The Hall–Kier alpha value is -1.13. The number of amides is 1. The fourth-order valence-corrected chi connectivity index (χ4v) is 3.51. The normalized spacial score (nSPS) is 12.3. The standard InChI is InChI=1S/C13H15ClN2OS/c1-4-11(17)15-13-16(5-2)12-8(3)6-9(14)7-10(12)18-13/h6-7H,4-5H2,1-3H3. The maximum absolute atomic E-state index is 11.5. The van der Waals surface area contributed by atoms with Gasteiger partial charge in [-0.05, 0) is 31.5 Å². The van der Waals surface area contributed by atoms with E-state index < -0.39 is 0 Å². The lowest BCUT2D eigenvalue weighted by atomic mass is 10.2. The van der Waals surface area contributed by atoms with Gasteiger partial charge in [-0.3, -0.25) is 4.79 Å². The van der Waals surface area contributed by atoms with Crippen molar-refractivity contribution in [3.8, 4) is 0 Å². The molecule has 0 saturated carbocycles. The van der Waals surface area contributed by atoms with Crippen LogP contribution in [0.1, 0.15) is 25.8 Å². The molecular weight excluding hydrogens is 268 g/mol. The first kappa shape index (κ1) is 13.3. The van der Waals surface area contributed by atoms with E-state index >= 15 is 0 Å². The van der Waals surface area contributed by atoms with Gasteiger partial charge in [0.1, 0.15) is 0 Å². The number of fused-ring (bicyclic) bond motifs is 1. The Bertz CT molecular complexity index is 669. The van der Waals surface area contributed by atoms with Gasteiger partial charge >= 0.3 is 0 Å². The van der Waals surface area contributed by atoms with E-state index in [2.05, 4.69) is 16.5 Å². The lowest BCUT2D eigenvalue weighted by molar-refractivity contribution is -0.117. The molecular formula is C13H15ClN2OS. The minimum absolute atomic E-state index is 0.0903. The molecule has 96 valence electrons. The summed E-state index contributed by atoms with van der Waals surface area (Å²) in [4.78, 5) is 16.4. The number of halogens is 1. The Morgan fingerprint density at radius 2 is 2.17 bits per heavy atom. The van der Waals surface area contributed by atoms with Gasteiger partial charge in [-0.2, -0.15) is 4.99 Å². The van der Waals surface area contributed by atoms with E-state index in [9.17, 15) is 4.79 Å². The van der Waals surface area contributed by atoms with Crippen molar-refractivity contribution in [1.82, 2.24) is 4.57 Å². The number of aromatic nitrogens is 1. The molecule has 2 rings (SSSR count). The lowest BCUT2D eigenvalue weighted by Gasteiger charge is -2.03. The van der Waals surface area contributed by atoms with Crippen LogP contribution in [0.25, 0.3) is 10.2 Å². The molecule has 0 N–H and O–H groups in total. The molecule has 1 aromatic carbocycles. The Kier molecular flexibility index (Phi) is 3.88.